The van der Waals surface area contributed by atoms with E-state index in [2.05, 4.69) is 38.3 Å². The highest BCUT2D eigenvalue weighted by molar-refractivity contribution is 5.76. The zero-order valence-corrected chi connectivity index (χ0v) is 11.6. The maximum absolute atomic E-state index is 11.8. The average Bonchev–Trinajstić information content (AvgIpc) is 2.61. The molecule has 2 N–H and O–H groups in total. The topological polar surface area (TPSA) is 41.1 Å². The fourth-order valence-electron chi connectivity index (χ4n) is 3.29. The molecule has 1 aliphatic heterocycles. The van der Waals surface area contributed by atoms with Crippen molar-refractivity contribution in [3.8, 4) is 0 Å². The number of carbonyl (C=O) groups excluding carboxylic acids is 1. The Bertz CT molecular complexity index is 289. The van der Waals surface area contributed by atoms with Crippen molar-refractivity contribution >= 4 is 5.91 Å². The van der Waals surface area contributed by atoms with Crippen molar-refractivity contribution in [3.63, 3.8) is 0 Å². The third-order valence-corrected chi connectivity index (χ3v) is 5.42. The molecule has 1 heterocycles. The lowest BCUT2D eigenvalue weighted by Gasteiger charge is -2.11. The van der Waals surface area contributed by atoms with Crippen molar-refractivity contribution < 1.29 is 4.79 Å². The van der Waals surface area contributed by atoms with Crippen LogP contribution in [-0.2, 0) is 4.79 Å². The van der Waals surface area contributed by atoms with Gasteiger partial charge in [0.25, 0.3) is 0 Å². The minimum atomic E-state index is 0.211. The van der Waals surface area contributed by atoms with Crippen LogP contribution in [0.25, 0.3) is 0 Å². The molecule has 2 fully saturated rings. The lowest BCUT2D eigenvalue weighted by atomic mass is 10.0. The zero-order valence-electron chi connectivity index (χ0n) is 11.6. The van der Waals surface area contributed by atoms with Crippen LogP contribution in [0.3, 0.4) is 0 Å². The Hall–Kier alpha value is -0.570. The van der Waals surface area contributed by atoms with Crippen LogP contribution in [0.4, 0.5) is 0 Å². The maximum Gasteiger partial charge on any atom is 0.221 e. The fraction of sp³-hybridized carbons (Fsp3) is 0.929. The van der Waals surface area contributed by atoms with E-state index in [1.165, 1.54) is 6.42 Å². The normalized spacial score (nSPS) is 30.2. The van der Waals surface area contributed by atoms with Gasteiger partial charge in [0.15, 0.2) is 0 Å². The first-order valence-corrected chi connectivity index (χ1v) is 6.86. The monoisotopic (exact) mass is 238 g/mol. The van der Waals surface area contributed by atoms with Gasteiger partial charge in [-0.3, -0.25) is 4.79 Å². The predicted molar refractivity (Wildman–Crippen MR) is 69.7 cm³/mol. The molecule has 0 bridgehead atoms. The number of nitrogens with one attached hydrogen (secondary N) is 2. The van der Waals surface area contributed by atoms with Gasteiger partial charge in [0.2, 0.25) is 5.91 Å². The quantitative estimate of drug-likeness (QED) is 0.786. The lowest BCUT2D eigenvalue weighted by molar-refractivity contribution is -0.121. The third-order valence-electron chi connectivity index (χ3n) is 5.42. The van der Waals surface area contributed by atoms with Crippen molar-refractivity contribution in [2.45, 2.75) is 53.0 Å². The average molecular weight is 238 g/mol. The van der Waals surface area contributed by atoms with Crippen LogP contribution < -0.4 is 10.6 Å². The van der Waals surface area contributed by atoms with E-state index in [1.807, 2.05) is 0 Å². The molecule has 0 aromatic carbocycles. The lowest BCUT2D eigenvalue weighted by Crippen LogP contribution is -2.33. The van der Waals surface area contributed by atoms with E-state index in [0.29, 0.717) is 29.2 Å². The number of hydrogen-bond donors (Lipinski definition) is 2. The largest absolute Gasteiger partial charge is 0.356 e. The van der Waals surface area contributed by atoms with E-state index in [4.69, 9.17) is 0 Å². The molecule has 98 valence electrons. The van der Waals surface area contributed by atoms with Gasteiger partial charge in [0.1, 0.15) is 0 Å². The maximum atomic E-state index is 11.8. The highest BCUT2D eigenvalue weighted by Crippen LogP contribution is 2.67. The van der Waals surface area contributed by atoms with Crippen molar-refractivity contribution in [2.75, 3.05) is 13.1 Å². The second kappa shape index (κ2) is 4.27. The second-order valence-electron chi connectivity index (χ2n) is 6.80. The summed E-state index contributed by atoms with van der Waals surface area (Å²) >= 11 is 0. The molecule has 3 heteroatoms. The van der Waals surface area contributed by atoms with Crippen LogP contribution in [-0.4, -0.2) is 25.0 Å². The smallest absolute Gasteiger partial charge is 0.221 e. The molecule has 1 saturated carbocycles. The van der Waals surface area contributed by atoms with Crippen LogP contribution in [0, 0.1) is 16.7 Å². The minimum Gasteiger partial charge on any atom is -0.356 e. The van der Waals surface area contributed by atoms with Gasteiger partial charge in [0, 0.05) is 19.0 Å². The van der Waals surface area contributed by atoms with Crippen molar-refractivity contribution in [1.29, 1.82) is 0 Å². The number of amides is 1. The zero-order chi connectivity index (χ0) is 12.7. The molecular weight excluding hydrogens is 212 g/mol. The van der Waals surface area contributed by atoms with Crippen LogP contribution in [0.5, 0.6) is 0 Å². The Morgan fingerprint density at radius 3 is 2.41 bits per heavy atom. The van der Waals surface area contributed by atoms with Crippen molar-refractivity contribution in [2.24, 2.45) is 16.7 Å². The van der Waals surface area contributed by atoms with E-state index in [9.17, 15) is 4.79 Å². The molecule has 1 saturated heterocycles. The molecule has 2 aliphatic rings. The van der Waals surface area contributed by atoms with E-state index in [-0.39, 0.29) is 5.91 Å². The summed E-state index contributed by atoms with van der Waals surface area (Å²) in [7, 11) is 0. The van der Waals surface area contributed by atoms with Crippen molar-refractivity contribution in [1.82, 2.24) is 10.6 Å². The molecule has 0 spiro atoms. The summed E-state index contributed by atoms with van der Waals surface area (Å²) in [5.74, 6) is 0.832. The van der Waals surface area contributed by atoms with Gasteiger partial charge >= 0.3 is 0 Å². The third kappa shape index (κ3) is 2.35. The van der Waals surface area contributed by atoms with Crippen LogP contribution in [0.1, 0.15) is 47.0 Å². The van der Waals surface area contributed by atoms with Gasteiger partial charge in [-0.15, -0.1) is 0 Å². The molecule has 1 aliphatic carbocycles. The van der Waals surface area contributed by atoms with Gasteiger partial charge in [-0.25, -0.2) is 0 Å². The summed E-state index contributed by atoms with van der Waals surface area (Å²) in [4.78, 5) is 11.8. The van der Waals surface area contributed by atoms with E-state index in [1.54, 1.807) is 0 Å². The Labute approximate surface area is 105 Å². The highest BCUT2D eigenvalue weighted by atomic mass is 16.1. The Morgan fingerprint density at radius 2 is 1.94 bits per heavy atom. The molecule has 1 amide bonds. The molecule has 0 radical (unpaired) electrons. The predicted octanol–water partition coefficient (Wildman–Crippen LogP) is 1.93. The molecule has 2 rings (SSSR count). The van der Waals surface area contributed by atoms with E-state index < -0.39 is 0 Å². The Balaban J connectivity index is 1.70. The van der Waals surface area contributed by atoms with Gasteiger partial charge in [-0.05, 0) is 36.1 Å². The summed E-state index contributed by atoms with van der Waals surface area (Å²) in [5.41, 5.74) is 0.734. The first-order valence-electron chi connectivity index (χ1n) is 6.86. The van der Waals surface area contributed by atoms with Crippen LogP contribution in [0.2, 0.25) is 0 Å². The van der Waals surface area contributed by atoms with Crippen molar-refractivity contribution in [3.05, 3.63) is 0 Å². The summed E-state index contributed by atoms with van der Waals surface area (Å²) in [6.45, 7) is 11.1. The summed E-state index contributed by atoms with van der Waals surface area (Å²) in [6, 6.07) is 0.412. The van der Waals surface area contributed by atoms with Gasteiger partial charge in [-0.2, -0.15) is 0 Å². The second-order valence-corrected chi connectivity index (χ2v) is 6.80. The molecule has 3 nitrogen and oxygen atoms in total. The summed E-state index contributed by atoms with van der Waals surface area (Å²) in [6.07, 6.45) is 3.00. The number of carbonyl (C=O) groups is 1. The van der Waals surface area contributed by atoms with Gasteiger partial charge in [-0.1, -0.05) is 27.7 Å². The van der Waals surface area contributed by atoms with Gasteiger partial charge < -0.3 is 10.6 Å². The number of rotatable bonds is 4. The summed E-state index contributed by atoms with van der Waals surface area (Å²) in [5, 5.41) is 6.47. The molecule has 1 atom stereocenters. The summed E-state index contributed by atoms with van der Waals surface area (Å²) < 4.78 is 0. The van der Waals surface area contributed by atoms with Crippen LogP contribution >= 0.6 is 0 Å². The minimum absolute atomic E-state index is 0.211. The Kier molecular flexibility index (Phi) is 3.23. The fourth-order valence-corrected chi connectivity index (χ4v) is 3.29. The molecular formula is C14H26N2O. The molecule has 0 aromatic heterocycles. The highest BCUT2D eigenvalue weighted by Gasteiger charge is 2.64. The van der Waals surface area contributed by atoms with Gasteiger partial charge in [0.05, 0.1) is 0 Å². The molecule has 1 unspecified atom stereocenters. The molecule has 0 aromatic rings. The first kappa shape index (κ1) is 12.9. The standard InChI is InChI=1S/C14H26N2O/c1-13(2)11(14(13,3)4)9-16-12(17)8-10-6-5-7-15-10/h10-11,15H,5-9H2,1-4H3,(H,16,17). The first-order chi connectivity index (χ1) is 7.85. The number of hydrogen-bond acceptors (Lipinski definition) is 2. The van der Waals surface area contributed by atoms with Crippen LogP contribution in [0.15, 0.2) is 0 Å². The van der Waals surface area contributed by atoms with E-state index in [0.717, 1.165) is 19.5 Å². The van der Waals surface area contributed by atoms with E-state index >= 15 is 0 Å². The Morgan fingerprint density at radius 1 is 1.29 bits per heavy atom. The molecule has 17 heavy (non-hydrogen) atoms. The SMILES string of the molecule is CC1(C)C(CNC(=O)CC2CCCN2)C1(C)C.